The van der Waals surface area contributed by atoms with Crippen LogP contribution >= 0.6 is 12.4 Å². The normalized spacial score (nSPS) is 16.6. The van der Waals surface area contributed by atoms with Crippen molar-refractivity contribution in [3.05, 3.63) is 30.6 Å². The molecule has 0 atom stereocenters. The fourth-order valence-corrected chi connectivity index (χ4v) is 2.67. The number of aromatic nitrogens is 4. The Bertz CT molecular complexity index is 624. The van der Waals surface area contributed by atoms with E-state index in [1.165, 1.54) is 11.0 Å². The molecule has 0 radical (unpaired) electrons. The number of amides is 1. The number of nitrogens with zero attached hydrogens (tertiary/aromatic N) is 4. The van der Waals surface area contributed by atoms with Gasteiger partial charge in [-0.05, 0) is 41.5 Å². The number of rotatable bonds is 3. The molecule has 1 amide bonds. The molecule has 1 aliphatic carbocycles. The van der Waals surface area contributed by atoms with E-state index in [2.05, 4.69) is 20.8 Å². The number of halogens is 1. The molecule has 0 unspecified atom stereocenters. The Hall–Kier alpha value is -1.99. The largest absolute Gasteiger partial charge is 0.324 e. The molecule has 1 heterocycles. The highest BCUT2D eigenvalue weighted by atomic mass is 35.5. The van der Waals surface area contributed by atoms with Crippen molar-refractivity contribution in [3.63, 3.8) is 0 Å². The number of benzene rings is 1. The minimum absolute atomic E-state index is 0. The summed E-state index contributed by atoms with van der Waals surface area (Å²) in [5.41, 5.74) is 6.97. The monoisotopic (exact) mass is 322 g/mol. The van der Waals surface area contributed by atoms with Gasteiger partial charge >= 0.3 is 0 Å². The summed E-state index contributed by atoms with van der Waals surface area (Å²) in [5, 5.41) is 13.9. The van der Waals surface area contributed by atoms with E-state index in [0.717, 1.165) is 37.8 Å². The maximum atomic E-state index is 12.4. The molecule has 3 N–H and O–H groups in total. The van der Waals surface area contributed by atoms with Crippen molar-refractivity contribution in [2.24, 2.45) is 5.73 Å². The molecule has 3 rings (SSSR count). The average Bonchev–Trinajstić information content (AvgIpc) is 3.02. The van der Waals surface area contributed by atoms with Gasteiger partial charge in [-0.1, -0.05) is 25.3 Å². The van der Waals surface area contributed by atoms with Crippen LogP contribution in [0.4, 0.5) is 5.69 Å². The Morgan fingerprint density at radius 3 is 2.73 bits per heavy atom. The van der Waals surface area contributed by atoms with Crippen molar-refractivity contribution >= 4 is 24.0 Å². The number of hydrogen-bond donors (Lipinski definition) is 2. The molecule has 118 valence electrons. The number of carbonyl (C=O) groups is 1. The third-order valence-electron chi connectivity index (χ3n) is 3.92. The van der Waals surface area contributed by atoms with Gasteiger partial charge in [0.1, 0.15) is 6.33 Å². The van der Waals surface area contributed by atoms with Crippen LogP contribution in [0.15, 0.2) is 30.6 Å². The Kier molecular flexibility index (Phi) is 5.10. The lowest BCUT2D eigenvalue weighted by Gasteiger charge is -2.31. The standard InChI is InChI=1S/C14H18N6O.ClH/c15-14(7-2-1-3-8-14)13(21)17-11-5-4-6-12(9-11)20-10-16-18-19-20;/h4-6,9-10H,1-3,7-8,15H2,(H,17,21);1H. The van der Waals surface area contributed by atoms with Crippen LogP contribution in [0.2, 0.25) is 0 Å². The fourth-order valence-electron chi connectivity index (χ4n) is 2.67. The quantitative estimate of drug-likeness (QED) is 0.895. The third-order valence-corrected chi connectivity index (χ3v) is 3.92. The molecule has 2 aromatic rings. The summed E-state index contributed by atoms with van der Waals surface area (Å²) in [6.07, 6.45) is 6.16. The first-order valence-electron chi connectivity index (χ1n) is 7.11. The van der Waals surface area contributed by atoms with Gasteiger partial charge < -0.3 is 11.1 Å². The Morgan fingerprint density at radius 2 is 2.05 bits per heavy atom. The van der Waals surface area contributed by atoms with Gasteiger partial charge in [0.25, 0.3) is 0 Å². The van der Waals surface area contributed by atoms with Gasteiger partial charge in [-0.2, -0.15) is 0 Å². The smallest absolute Gasteiger partial charge is 0.244 e. The summed E-state index contributed by atoms with van der Waals surface area (Å²) >= 11 is 0. The van der Waals surface area contributed by atoms with E-state index >= 15 is 0 Å². The third kappa shape index (κ3) is 3.42. The summed E-state index contributed by atoms with van der Waals surface area (Å²) in [7, 11) is 0. The first-order valence-corrected chi connectivity index (χ1v) is 7.11. The van der Waals surface area contributed by atoms with Crippen LogP contribution < -0.4 is 11.1 Å². The number of anilines is 1. The van der Waals surface area contributed by atoms with Crippen LogP contribution in [0.3, 0.4) is 0 Å². The lowest BCUT2D eigenvalue weighted by atomic mass is 9.82. The van der Waals surface area contributed by atoms with Gasteiger partial charge in [0, 0.05) is 5.69 Å². The predicted molar refractivity (Wildman–Crippen MR) is 85.0 cm³/mol. The summed E-state index contributed by atoms with van der Waals surface area (Å²) < 4.78 is 1.54. The number of tetrazole rings is 1. The first kappa shape index (κ1) is 16.4. The van der Waals surface area contributed by atoms with Crippen LogP contribution in [0.1, 0.15) is 32.1 Å². The highest BCUT2D eigenvalue weighted by Crippen LogP contribution is 2.27. The van der Waals surface area contributed by atoms with Crippen molar-refractivity contribution in [3.8, 4) is 5.69 Å². The van der Waals surface area contributed by atoms with Crippen LogP contribution in [-0.4, -0.2) is 31.7 Å². The lowest BCUT2D eigenvalue weighted by Crippen LogP contribution is -2.52. The molecular weight excluding hydrogens is 304 g/mol. The zero-order chi connectivity index (χ0) is 14.7. The molecule has 1 aliphatic rings. The Labute approximate surface area is 134 Å². The minimum atomic E-state index is -0.747. The predicted octanol–water partition coefficient (Wildman–Crippen LogP) is 1.68. The minimum Gasteiger partial charge on any atom is -0.324 e. The Morgan fingerprint density at radius 1 is 1.27 bits per heavy atom. The SMILES string of the molecule is Cl.NC1(C(=O)Nc2cccc(-n3cnnn3)c2)CCCCC1. The van der Waals surface area contributed by atoms with E-state index in [4.69, 9.17) is 5.73 Å². The van der Waals surface area contributed by atoms with E-state index in [0.29, 0.717) is 5.69 Å². The van der Waals surface area contributed by atoms with Crippen LogP contribution in [0.5, 0.6) is 0 Å². The first-order chi connectivity index (χ1) is 10.2. The van der Waals surface area contributed by atoms with Gasteiger partial charge in [0.2, 0.25) is 5.91 Å². The van der Waals surface area contributed by atoms with E-state index in [-0.39, 0.29) is 18.3 Å². The van der Waals surface area contributed by atoms with E-state index < -0.39 is 5.54 Å². The molecule has 1 aromatic heterocycles. The van der Waals surface area contributed by atoms with Gasteiger partial charge in [-0.3, -0.25) is 4.79 Å². The van der Waals surface area contributed by atoms with Crippen LogP contribution in [-0.2, 0) is 4.79 Å². The highest BCUT2D eigenvalue weighted by Gasteiger charge is 2.35. The molecule has 7 nitrogen and oxygen atoms in total. The fraction of sp³-hybridized carbons (Fsp3) is 0.429. The molecule has 1 aromatic carbocycles. The second-order valence-electron chi connectivity index (χ2n) is 5.48. The molecule has 8 heteroatoms. The number of carbonyl (C=O) groups excluding carboxylic acids is 1. The number of nitrogens with one attached hydrogen (secondary N) is 1. The molecule has 1 fully saturated rings. The highest BCUT2D eigenvalue weighted by molar-refractivity contribution is 5.98. The molecular formula is C14H19ClN6O. The van der Waals surface area contributed by atoms with Crippen molar-refractivity contribution in [2.45, 2.75) is 37.6 Å². The van der Waals surface area contributed by atoms with Gasteiger partial charge in [0.15, 0.2) is 0 Å². The van der Waals surface area contributed by atoms with E-state index in [1.807, 2.05) is 24.3 Å². The molecule has 1 saturated carbocycles. The van der Waals surface area contributed by atoms with Crippen molar-refractivity contribution in [1.82, 2.24) is 20.2 Å². The molecule has 0 bridgehead atoms. The van der Waals surface area contributed by atoms with E-state index in [9.17, 15) is 4.79 Å². The molecule has 0 saturated heterocycles. The lowest BCUT2D eigenvalue weighted by molar-refractivity contribution is -0.122. The van der Waals surface area contributed by atoms with Gasteiger partial charge in [-0.15, -0.1) is 17.5 Å². The van der Waals surface area contributed by atoms with Crippen molar-refractivity contribution < 1.29 is 4.79 Å². The second kappa shape index (κ2) is 6.85. The topological polar surface area (TPSA) is 98.7 Å². The van der Waals surface area contributed by atoms with Crippen LogP contribution in [0.25, 0.3) is 5.69 Å². The summed E-state index contributed by atoms with van der Waals surface area (Å²) in [6.45, 7) is 0. The van der Waals surface area contributed by atoms with Gasteiger partial charge in [0.05, 0.1) is 11.2 Å². The average molecular weight is 323 g/mol. The molecule has 22 heavy (non-hydrogen) atoms. The molecule has 0 spiro atoms. The van der Waals surface area contributed by atoms with Gasteiger partial charge in [-0.25, -0.2) is 4.68 Å². The Balaban J connectivity index is 0.00000176. The maximum absolute atomic E-state index is 12.4. The molecule has 0 aliphatic heterocycles. The zero-order valence-electron chi connectivity index (χ0n) is 12.1. The van der Waals surface area contributed by atoms with Crippen molar-refractivity contribution in [1.29, 1.82) is 0 Å². The summed E-state index contributed by atoms with van der Waals surface area (Å²) in [5.74, 6) is -0.115. The van der Waals surface area contributed by atoms with Crippen LogP contribution in [0, 0.1) is 0 Å². The second-order valence-corrected chi connectivity index (χ2v) is 5.48. The summed E-state index contributed by atoms with van der Waals surface area (Å²) in [6, 6.07) is 7.36. The number of nitrogens with two attached hydrogens (primary N) is 1. The van der Waals surface area contributed by atoms with Crippen molar-refractivity contribution in [2.75, 3.05) is 5.32 Å². The van der Waals surface area contributed by atoms with E-state index in [1.54, 1.807) is 0 Å². The zero-order valence-corrected chi connectivity index (χ0v) is 12.9. The maximum Gasteiger partial charge on any atom is 0.244 e. The summed E-state index contributed by atoms with van der Waals surface area (Å²) in [4.78, 5) is 12.4. The number of hydrogen-bond acceptors (Lipinski definition) is 5.